The van der Waals surface area contributed by atoms with Crippen LogP contribution in [0.3, 0.4) is 0 Å². The molecule has 0 spiro atoms. The van der Waals surface area contributed by atoms with Crippen molar-refractivity contribution in [3.05, 3.63) is 34.9 Å². The highest BCUT2D eigenvalue weighted by molar-refractivity contribution is 5.94. The van der Waals surface area contributed by atoms with Crippen LogP contribution in [0, 0.1) is 13.8 Å². The molecule has 20 heavy (non-hydrogen) atoms. The summed E-state index contributed by atoms with van der Waals surface area (Å²) in [6.45, 7) is 10.3. The molecule has 0 aromatic heterocycles. The minimum absolute atomic E-state index is 0.146. The number of benzene rings is 1. The van der Waals surface area contributed by atoms with Gasteiger partial charge in [0.25, 0.3) is 5.91 Å². The lowest BCUT2D eigenvalue weighted by Crippen LogP contribution is -2.52. The quantitative estimate of drug-likeness (QED) is 0.907. The first-order valence-corrected chi connectivity index (χ1v) is 7.33. The molecule has 1 aromatic rings. The predicted molar refractivity (Wildman–Crippen MR) is 81.9 cm³/mol. The van der Waals surface area contributed by atoms with Gasteiger partial charge in [0.1, 0.15) is 0 Å². The van der Waals surface area contributed by atoms with Crippen LogP contribution < -0.4 is 5.73 Å². The smallest absolute Gasteiger partial charge is 0.253 e. The van der Waals surface area contributed by atoms with Gasteiger partial charge in [-0.15, -0.1) is 0 Å². The van der Waals surface area contributed by atoms with Crippen LogP contribution in [0.4, 0.5) is 0 Å². The molecule has 4 heteroatoms. The van der Waals surface area contributed by atoms with Crippen LogP contribution in [0.2, 0.25) is 0 Å². The van der Waals surface area contributed by atoms with Gasteiger partial charge >= 0.3 is 0 Å². The summed E-state index contributed by atoms with van der Waals surface area (Å²) in [5, 5.41) is 0. The fourth-order valence-corrected chi connectivity index (χ4v) is 2.57. The Morgan fingerprint density at radius 2 is 1.85 bits per heavy atom. The number of carbonyl (C=O) groups is 1. The third-order valence-corrected chi connectivity index (χ3v) is 4.32. The van der Waals surface area contributed by atoms with Gasteiger partial charge in [0, 0.05) is 44.3 Å². The molecule has 0 saturated carbocycles. The van der Waals surface area contributed by atoms with E-state index in [4.69, 9.17) is 5.73 Å². The van der Waals surface area contributed by atoms with Crippen LogP contribution in [-0.4, -0.2) is 54.5 Å². The van der Waals surface area contributed by atoms with Gasteiger partial charge in [-0.2, -0.15) is 0 Å². The zero-order valence-corrected chi connectivity index (χ0v) is 12.7. The van der Waals surface area contributed by atoms with Crippen molar-refractivity contribution in [3.8, 4) is 0 Å². The minimum Gasteiger partial charge on any atom is -0.336 e. The van der Waals surface area contributed by atoms with Crippen molar-refractivity contribution in [1.82, 2.24) is 9.80 Å². The molecule has 2 N–H and O–H groups in total. The number of aryl methyl sites for hydroxylation is 2. The zero-order valence-electron chi connectivity index (χ0n) is 12.7. The molecule has 1 saturated heterocycles. The van der Waals surface area contributed by atoms with Crippen molar-refractivity contribution >= 4 is 5.91 Å². The molecule has 1 aromatic carbocycles. The van der Waals surface area contributed by atoms with Crippen molar-refractivity contribution in [2.45, 2.75) is 26.8 Å². The summed E-state index contributed by atoms with van der Waals surface area (Å²) in [5.74, 6) is 0.146. The summed E-state index contributed by atoms with van der Waals surface area (Å²) in [4.78, 5) is 16.8. The van der Waals surface area contributed by atoms with E-state index in [0.717, 1.165) is 31.7 Å². The number of nitrogens with two attached hydrogens (primary N) is 1. The summed E-state index contributed by atoms with van der Waals surface area (Å²) < 4.78 is 0. The highest BCUT2D eigenvalue weighted by atomic mass is 16.2. The van der Waals surface area contributed by atoms with E-state index >= 15 is 0 Å². The first-order valence-electron chi connectivity index (χ1n) is 7.33. The van der Waals surface area contributed by atoms with E-state index in [1.54, 1.807) is 0 Å². The van der Waals surface area contributed by atoms with E-state index in [1.807, 2.05) is 30.0 Å². The van der Waals surface area contributed by atoms with Gasteiger partial charge < -0.3 is 10.6 Å². The van der Waals surface area contributed by atoms with Crippen molar-refractivity contribution in [2.24, 2.45) is 5.73 Å². The molecule has 1 atom stereocenters. The molecule has 1 heterocycles. The summed E-state index contributed by atoms with van der Waals surface area (Å²) in [6, 6.07) is 6.34. The second-order valence-electron chi connectivity index (χ2n) is 5.71. The van der Waals surface area contributed by atoms with Crippen LogP contribution in [0.25, 0.3) is 0 Å². The number of hydrogen-bond donors (Lipinski definition) is 1. The molecule has 110 valence electrons. The van der Waals surface area contributed by atoms with Gasteiger partial charge in [-0.1, -0.05) is 6.07 Å². The topological polar surface area (TPSA) is 49.6 Å². The fourth-order valence-electron chi connectivity index (χ4n) is 2.57. The van der Waals surface area contributed by atoms with E-state index in [-0.39, 0.29) is 5.91 Å². The molecule has 0 aliphatic carbocycles. The summed E-state index contributed by atoms with van der Waals surface area (Å²) in [7, 11) is 0. The Labute approximate surface area is 121 Å². The van der Waals surface area contributed by atoms with E-state index in [2.05, 4.69) is 18.7 Å². The normalized spacial score (nSPS) is 18.1. The Hall–Kier alpha value is -1.39. The zero-order chi connectivity index (χ0) is 14.7. The first-order chi connectivity index (χ1) is 9.52. The van der Waals surface area contributed by atoms with Crippen molar-refractivity contribution in [3.63, 3.8) is 0 Å². The standard InChI is InChI=1S/C16H25N3O/c1-12-4-5-15(10-13(12)2)16(20)19-8-6-18(7-9-19)14(3)11-17/h4-5,10,14H,6-9,11,17H2,1-3H3. The molecule has 1 fully saturated rings. The maximum atomic E-state index is 12.5. The van der Waals surface area contributed by atoms with E-state index in [0.29, 0.717) is 12.6 Å². The molecule has 4 nitrogen and oxygen atoms in total. The number of hydrogen-bond acceptors (Lipinski definition) is 3. The highest BCUT2D eigenvalue weighted by Gasteiger charge is 2.24. The Morgan fingerprint density at radius 1 is 1.20 bits per heavy atom. The number of amides is 1. The number of carbonyl (C=O) groups excluding carboxylic acids is 1. The highest BCUT2D eigenvalue weighted by Crippen LogP contribution is 2.14. The first kappa shape index (κ1) is 15.0. The van der Waals surface area contributed by atoms with Crippen LogP contribution in [0.1, 0.15) is 28.4 Å². The average Bonchev–Trinajstić information content (AvgIpc) is 2.48. The molecule has 0 bridgehead atoms. The predicted octanol–water partition coefficient (Wildman–Crippen LogP) is 1.41. The number of piperazine rings is 1. The fraction of sp³-hybridized carbons (Fsp3) is 0.562. The molecule has 1 amide bonds. The number of rotatable bonds is 3. The number of nitrogens with zero attached hydrogens (tertiary/aromatic N) is 2. The van der Waals surface area contributed by atoms with Crippen LogP contribution in [-0.2, 0) is 0 Å². The van der Waals surface area contributed by atoms with E-state index in [1.165, 1.54) is 11.1 Å². The van der Waals surface area contributed by atoms with E-state index < -0.39 is 0 Å². The van der Waals surface area contributed by atoms with Crippen molar-refractivity contribution < 1.29 is 4.79 Å². The lowest BCUT2D eigenvalue weighted by molar-refractivity contribution is 0.0589. The summed E-state index contributed by atoms with van der Waals surface area (Å²) >= 11 is 0. The Balaban J connectivity index is 1.99. The molecular weight excluding hydrogens is 250 g/mol. The van der Waals surface area contributed by atoms with Crippen LogP contribution in [0.5, 0.6) is 0 Å². The molecule has 2 rings (SSSR count). The van der Waals surface area contributed by atoms with Crippen LogP contribution in [0.15, 0.2) is 18.2 Å². The monoisotopic (exact) mass is 275 g/mol. The maximum absolute atomic E-state index is 12.5. The summed E-state index contributed by atoms with van der Waals surface area (Å²) in [6.07, 6.45) is 0. The van der Waals surface area contributed by atoms with Gasteiger partial charge in [0.2, 0.25) is 0 Å². The minimum atomic E-state index is 0.146. The lowest BCUT2D eigenvalue weighted by Gasteiger charge is -2.37. The SMILES string of the molecule is Cc1ccc(C(=O)N2CCN(C(C)CN)CC2)cc1C. The summed E-state index contributed by atoms with van der Waals surface area (Å²) in [5.41, 5.74) is 8.89. The lowest BCUT2D eigenvalue weighted by atomic mass is 10.1. The third-order valence-electron chi connectivity index (χ3n) is 4.32. The van der Waals surface area contributed by atoms with Gasteiger partial charge in [-0.25, -0.2) is 0 Å². The average molecular weight is 275 g/mol. The second-order valence-corrected chi connectivity index (χ2v) is 5.71. The molecule has 1 aliphatic rings. The Morgan fingerprint density at radius 3 is 2.40 bits per heavy atom. The molecule has 1 aliphatic heterocycles. The van der Waals surface area contributed by atoms with Crippen LogP contribution >= 0.6 is 0 Å². The maximum Gasteiger partial charge on any atom is 0.253 e. The van der Waals surface area contributed by atoms with Gasteiger partial charge in [-0.05, 0) is 44.0 Å². The van der Waals surface area contributed by atoms with Gasteiger partial charge in [0.15, 0.2) is 0 Å². The second kappa shape index (κ2) is 6.37. The molecule has 0 radical (unpaired) electrons. The largest absolute Gasteiger partial charge is 0.336 e. The van der Waals surface area contributed by atoms with E-state index in [9.17, 15) is 4.79 Å². The Bertz CT molecular complexity index is 479. The molecular formula is C16H25N3O. The molecule has 1 unspecified atom stereocenters. The van der Waals surface area contributed by atoms with Crippen molar-refractivity contribution in [2.75, 3.05) is 32.7 Å². The third kappa shape index (κ3) is 3.19. The van der Waals surface area contributed by atoms with Gasteiger partial charge in [-0.3, -0.25) is 9.69 Å². The van der Waals surface area contributed by atoms with Crippen molar-refractivity contribution in [1.29, 1.82) is 0 Å². The Kier molecular flexibility index (Phi) is 4.78. The van der Waals surface area contributed by atoms with Gasteiger partial charge in [0.05, 0.1) is 0 Å².